The van der Waals surface area contributed by atoms with Crippen LogP contribution in [0.2, 0.25) is 0 Å². The topological polar surface area (TPSA) is 95.7 Å². The molecule has 0 bridgehead atoms. The zero-order valence-electron chi connectivity index (χ0n) is 19.5. The van der Waals surface area contributed by atoms with Gasteiger partial charge in [-0.15, -0.1) is 0 Å². The SMILES string of the molecule is CCCCCCCCCCCCOC(=O)CCCC(=O)OCCc1cccc([N+](=O)[O-])c1. The number of hydrogen-bond acceptors (Lipinski definition) is 6. The second-order valence-electron chi connectivity index (χ2n) is 8.15. The summed E-state index contributed by atoms with van der Waals surface area (Å²) >= 11 is 0. The molecule has 1 aromatic rings. The van der Waals surface area contributed by atoms with Crippen LogP contribution in [0.3, 0.4) is 0 Å². The first-order chi connectivity index (χ1) is 15.5. The summed E-state index contributed by atoms with van der Waals surface area (Å²) in [6.45, 7) is 2.83. The van der Waals surface area contributed by atoms with Crippen molar-refractivity contribution < 1.29 is 24.0 Å². The molecule has 0 aliphatic carbocycles. The first-order valence-electron chi connectivity index (χ1n) is 12.1. The summed E-state index contributed by atoms with van der Waals surface area (Å²) < 4.78 is 10.4. The summed E-state index contributed by atoms with van der Waals surface area (Å²) in [4.78, 5) is 33.8. The van der Waals surface area contributed by atoms with Crippen molar-refractivity contribution in [1.82, 2.24) is 0 Å². The fourth-order valence-electron chi connectivity index (χ4n) is 3.41. The Morgan fingerprint density at radius 3 is 1.97 bits per heavy atom. The summed E-state index contributed by atoms with van der Waals surface area (Å²) in [5, 5.41) is 10.8. The van der Waals surface area contributed by atoms with E-state index >= 15 is 0 Å². The minimum atomic E-state index is -0.453. The summed E-state index contributed by atoms with van der Waals surface area (Å²) in [6.07, 6.45) is 13.5. The highest BCUT2D eigenvalue weighted by atomic mass is 16.6. The maximum absolute atomic E-state index is 11.8. The largest absolute Gasteiger partial charge is 0.466 e. The number of nitro benzene ring substituents is 1. The molecule has 0 aromatic heterocycles. The molecule has 0 saturated heterocycles. The molecule has 1 rings (SSSR count). The lowest BCUT2D eigenvalue weighted by Crippen LogP contribution is -2.10. The number of carbonyl (C=O) groups is 2. The van der Waals surface area contributed by atoms with Crippen molar-refractivity contribution in [2.75, 3.05) is 13.2 Å². The molecule has 7 heteroatoms. The third-order valence-electron chi connectivity index (χ3n) is 5.30. The zero-order valence-corrected chi connectivity index (χ0v) is 19.5. The predicted molar refractivity (Wildman–Crippen MR) is 124 cm³/mol. The van der Waals surface area contributed by atoms with Crippen LogP contribution in [0.15, 0.2) is 24.3 Å². The standard InChI is InChI=1S/C25H39NO6/c1-2-3-4-5-6-7-8-9-10-11-19-31-24(27)16-13-17-25(28)32-20-18-22-14-12-15-23(21-22)26(29)30/h12,14-15,21H,2-11,13,16-20H2,1H3. The minimum Gasteiger partial charge on any atom is -0.466 e. The molecule has 0 saturated carbocycles. The van der Waals surface area contributed by atoms with Crippen molar-refractivity contribution in [1.29, 1.82) is 0 Å². The highest BCUT2D eigenvalue weighted by Gasteiger charge is 2.09. The van der Waals surface area contributed by atoms with Crippen molar-refractivity contribution in [3.05, 3.63) is 39.9 Å². The molecule has 0 N–H and O–H groups in total. The first kappa shape index (κ1) is 27.6. The van der Waals surface area contributed by atoms with E-state index in [4.69, 9.17) is 9.47 Å². The number of ether oxygens (including phenoxy) is 2. The van der Waals surface area contributed by atoms with Crippen LogP contribution in [0, 0.1) is 10.1 Å². The summed E-state index contributed by atoms with van der Waals surface area (Å²) in [5.74, 6) is -0.650. The summed E-state index contributed by atoms with van der Waals surface area (Å²) in [7, 11) is 0. The number of benzene rings is 1. The van der Waals surface area contributed by atoms with Gasteiger partial charge in [-0.25, -0.2) is 0 Å². The van der Waals surface area contributed by atoms with Gasteiger partial charge in [0.25, 0.3) is 5.69 Å². The Hall–Kier alpha value is -2.44. The lowest BCUT2D eigenvalue weighted by atomic mass is 10.1. The maximum atomic E-state index is 11.8. The molecular weight excluding hydrogens is 410 g/mol. The minimum absolute atomic E-state index is 0.0187. The highest BCUT2D eigenvalue weighted by molar-refractivity contribution is 5.72. The van der Waals surface area contributed by atoms with Crippen LogP contribution in [0.5, 0.6) is 0 Å². The lowest BCUT2D eigenvalue weighted by Gasteiger charge is -2.06. The van der Waals surface area contributed by atoms with E-state index in [-0.39, 0.29) is 37.1 Å². The van der Waals surface area contributed by atoms with Gasteiger partial charge in [0.15, 0.2) is 0 Å². The van der Waals surface area contributed by atoms with E-state index in [0.29, 0.717) is 19.4 Å². The zero-order chi connectivity index (χ0) is 23.4. The van der Waals surface area contributed by atoms with Gasteiger partial charge >= 0.3 is 11.9 Å². The molecule has 1 aromatic carbocycles. The second-order valence-corrected chi connectivity index (χ2v) is 8.15. The normalized spacial score (nSPS) is 10.7. The second kappa shape index (κ2) is 18.2. The van der Waals surface area contributed by atoms with Crippen LogP contribution in [0.4, 0.5) is 5.69 Å². The number of non-ortho nitro benzene ring substituents is 1. The number of rotatable bonds is 19. The predicted octanol–water partition coefficient (Wildman–Crippen LogP) is 6.31. The van der Waals surface area contributed by atoms with E-state index in [2.05, 4.69) is 6.92 Å². The number of unbranched alkanes of at least 4 members (excludes halogenated alkanes) is 9. The van der Waals surface area contributed by atoms with E-state index in [1.165, 1.54) is 63.5 Å². The van der Waals surface area contributed by atoms with Gasteiger partial charge < -0.3 is 9.47 Å². The van der Waals surface area contributed by atoms with Gasteiger partial charge in [0.2, 0.25) is 0 Å². The number of nitrogens with zero attached hydrogens (tertiary/aromatic N) is 1. The molecule has 0 heterocycles. The van der Waals surface area contributed by atoms with Gasteiger partial charge in [0.1, 0.15) is 0 Å². The number of carbonyl (C=O) groups excluding carboxylic acids is 2. The highest BCUT2D eigenvalue weighted by Crippen LogP contribution is 2.14. The van der Waals surface area contributed by atoms with Crippen LogP contribution in [0.1, 0.15) is 96.0 Å². The number of nitro groups is 1. The van der Waals surface area contributed by atoms with E-state index in [1.807, 2.05) is 0 Å². The lowest BCUT2D eigenvalue weighted by molar-refractivity contribution is -0.384. The van der Waals surface area contributed by atoms with Crippen molar-refractivity contribution in [2.45, 2.75) is 96.8 Å². The van der Waals surface area contributed by atoms with Crippen LogP contribution in [0.25, 0.3) is 0 Å². The molecule has 0 fully saturated rings. The molecule has 0 radical (unpaired) electrons. The molecule has 180 valence electrons. The Balaban J connectivity index is 1.95. The molecule has 0 aliphatic heterocycles. The fraction of sp³-hybridized carbons (Fsp3) is 0.680. The molecule has 0 spiro atoms. The van der Waals surface area contributed by atoms with Gasteiger partial charge in [-0.3, -0.25) is 19.7 Å². The summed E-state index contributed by atoms with van der Waals surface area (Å²) in [6, 6.07) is 6.26. The van der Waals surface area contributed by atoms with E-state index < -0.39 is 4.92 Å². The monoisotopic (exact) mass is 449 g/mol. The molecular formula is C25H39NO6. The van der Waals surface area contributed by atoms with Gasteiger partial charge in [0, 0.05) is 31.4 Å². The van der Waals surface area contributed by atoms with Crippen molar-refractivity contribution in [3.63, 3.8) is 0 Å². The number of hydrogen-bond donors (Lipinski definition) is 0. The maximum Gasteiger partial charge on any atom is 0.305 e. The molecule has 0 atom stereocenters. The van der Waals surface area contributed by atoms with Gasteiger partial charge in [-0.05, 0) is 18.4 Å². The van der Waals surface area contributed by atoms with E-state index in [9.17, 15) is 19.7 Å². The summed E-state index contributed by atoms with van der Waals surface area (Å²) in [5.41, 5.74) is 0.757. The third-order valence-corrected chi connectivity index (χ3v) is 5.30. The number of esters is 2. The fourth-order valence-corrected chi connectivity index (χ4v) is 3.41. The first-order valence-corrected chi connectivity index (χ1v) is 12.1. The Morgan fingerprint density at radius 2 is 1.38 bits per heavy atom. The third kappa shape index (κ3) is 14.5. The Bertz CT molecular complexity index is 676. The van der Waals surface area contributed by atoms with E-state index in [1.54, 1.807) is 12.1 Å². The van der Waals surface area contributed by atoms with Gasteiger partial charge in [-0.2, -0.15) is 0 Å². The van der Waals surface area contributed by atoms with Crippen LogP contribution >= 0.6 is 0 Å². The molecule has 32 heavy (non-hydrogen) atoms. The van der Waals surface area contributed by atoms with E-state index in [0.717, 1.165) is 18.4 Å². The smallest absolute Gasteiger partial charge is 0.305 e. The van der Waals surface area contributed by atoms with Crippen molar-refractivity contribution >= 4 is 17.6 Å². The van der Waals surface area contributed by atoms with Crippen molar-refractivity contribution in [2.24, 2.45) is 0 Å². The molecule has 0 amide bonds. The van der Waals surface area contributed by atoms with Gasteiger partial charge in [0.05, 0.1) is 18.1 Å². The van der Waals surface area contributed by atoms with Crippen molar-refractivity contribution in [3.8, 4) is 0 Å². The quantitative estimate of drug-likeness (QED) is 0.106. The average molecular weight is 450 g/mol. The Labute approximate surface area is 192 Å². The van der Waals surface area contributed by atoms with Crippen LogP contribution < -0.4 is 0 Å². The van der Waals surface area contributed by atoms with Crippen LogP contribution in [-0.4, -0.2) is 30.1 Å². The molecule has 0 aliphatic rings. The van der Waals surface area contributed by atoms with Crippen LogP contribution in [-0.2, 0) is 25.5 Å². The Morgan fingerprint density at radius 1 is 0.812 bits per heavy atom. The van der Waals surface area contributed by atoms with Gasteiger partial charge in [-0.1, -0.05) is 76.8 Å². The average Bonchev–Trinajstić information content (AvgIpc) is 2.77. The molecule has 0 unspecified atom stereocenters. The molecule has 7 nitrogen and oxygen atoms in total. The Kier molecular flexibility index (Phi) is 15.7.